The molecule has 0 bridgehead atoms. The van der Waals surface area contributed by atoms with Gasteiger partial charge in [-0.05, 0) is 29.7 Å². The van der Waals surface area contributed by atoms with Crippen molar-refractivity contribution in [3.8, 4) is 0 Å². The second-order valence-corrected chi connectivity index (χ2v) is 4.14. The van der Waals surface area contributed by atoms with E-state index in [9.17, 15) is 4.79 Å². The van der Waals surface area contributed by atoms with Crippen LogP contribution in [-0.4, -0.2) is 10.2 Å². The summed E-state index contributed by atoms with van der Waals surface area (Å²) >= 11 is 11.3. The van der Waals surface area contributed by atoms with Crippen LogP contribution >= 0.6 is 23.2 Å². The predicted molar refractivity (Wildman–Crippen MR) is 66.3 cm³/mol. The second kappa shape index (κ2) is 4.40. The summed E-state index contributed by atoms with van der Waals surface area (Å²) in [7, 11) is 0. The number of aromatic nitrogens is 1. The average Bonchev–Trinajstić information content (AvgIpc) is 2.27. The summed E-state index contributed by atoms with van der Waals surface area (Å²) in [5, 5.41) is 0.461. The van der Waals surface area contributed by atoms with Crippen LogP contribution in [0.4, 0.5) is 0 Å². The Morgan fingerprint density at radius 2 is 2.19 bits per heavy atom. The van der Waals surface area contributed by atoms with E-state index in [1.165, 1.54) is 0 Å². The number of carbonyl (C=O) groups is 1. The van der Waals surface area contributed by atoms with Gasteiger partial charge in [-0.25, -0.2) is 4.98 Å². The number of para-hydroxylation sites is 1. The zero-order valence-electron chi connectivity index (χ0n) is 8.63. The molecule has 4 heteroatoms. The van der Waals surface area contributed by atoms with Crippen molar-refractivity contribution in [2.24, 2.45) is 0 Å². The van der Waals surface area contributed by atoms with Gasteiger partial charge in [-0.15, -0.1) is 0 Å². The molecule has 0 unspecified atom stereocenters. The summed E-state index contributed by atoms with van der Waals surface area (Å²) in [5.41, 5.74) is 2.19. The second-order valence-electron chi connectivity index (χ2n) is 3.44. The molecular formula is C12H9Cl2NO. The van der Waals surface area contributed by atoms with E-state index in [0.717, 1.165) is 22.9 Å². The van der Waals surface area contributed by atoms with E-state index in [4.69, 9.17) is 23.2 Å². The smallest absolute Gasteiger partial charge is 0.255 e. The first kappa shape index (κ1) is 11.4. The molecule has 0 amide bonds. The highest BCUT2D eigenvalue weighted by Gasteiger charge is 2.11. The molecule has 1 heterocycles. The fraction of sp³-hybridized carbons (Fsp3) is 0.167. The first-order chi connectivity index (χ1) is 7.63. The maximum atomic E-state index is 11.1. The van der Waals surface area contributed by atoms with Crippen LogP contribution in [0.1, 0.15) is 22.8 Å². The molecule has 16 heavy (non-hydrogen) atoms. The normalized spacial score (nSPS) is 10.7. The van der Waals surface area contributed by atoms with Crippen molar-refractivity contribution in [3.05, 3.63) is 40.5 Å². The molecule has 2 nitrogen and oxygen atoms in total. The van der Waals surface area contributed by atoms with Crippen LogP contribution in [0.2, 0.25) is 5.15 Å². The first-order valence-corrected chi connectivity index (χ1v) is 5.67. The van der Waals surface area contributed by atoms with E-state index >= 15 is 0 Å². The van der Waals surface area contributed by atoms with Crippen molar-refractivity contribution in [2.45, 2.75) is 13.3 Å². The zero-order chi connectivity index (χ0) is 11.7. The lowest BCUT2D eigenvalue weighted by Gasteiger charge is -2.05. The summed E-state index contributed by atoms with van der Waals surface area (Å²) < 4.78 is 0. The number of nitrogens with zero attached hydrogens (tertiary/aromatic N) is 1. The van der Waals surface area contributed by atoms with Crippen LogP contribution in [-0.2, 0) is 6.42 Å². The number of hydrogen-bond acceptors (Lipinski definition) is 2. The lowest BCUT2D eigenvalue weighted by atomic mass is 10.1. The number of rotatable bonds is 2. The predicted octanol–water partition coefficient (Wildman–Crippen LogP) is 3.83. The van der Waals surface area contributed by atoms with Crippen LogP contribution in [0, 0.1) is 0 Å². The highest BCUT2D eigenvalue weighted by molar-refractivity contribution is 6.68. The van der Waals surface area contributed by atoms with Crippen LogP contribution in [0.25, 0.3) is 10.9 Å². The summed E-state index contributed by atoms with van der Waals surface area (Å²) in [6.07, 6.45) is 0.870. The molecule has 2 rings (SSSR count). The standard InChI is InChI=1S/C12H9Cl2NO/c1-2-7-4-3-5-8-6-9(12(14)16)11(13)15-10(7)8/h3-6H,2H2,1H3. The van der Waals surface area contributed by atoms with Gasteiger partial charge in [-0.2, -0.15) is 0 Å². The molecule has 2 aromatic rings. The Morgan fingerprint density at radius 3 is 2.81 bits per heavy atom. The quantitative estimate of drug-likeness (QED) is 0.602. The minimum Gasteiger partial charge on any atom is -0.275 e. The molecule has 0 saturated carbocycles. The van der Waals surface area contributed by atoms with Gasteiger partial charge >= 0.3 is 0 Å². The minimum atomic E-state index is -0.582. The Hall–Kier alpha value is -1.12. The number of benzene rings is 1. The molecule has 0 aliphatic carbocycles. The van der Waals surface area contributed by atoms with E-state index in [1.807, 2.05) is 25.1 Å². The molecular weight excluding hydrogens is 245 g/mol. The molecule has 0 atom stereocenters. The van der Waals surface area contributed by atoms with E-state index in [-0.39, 0.29) is 10.7 Å². The molecule has 0 aliphatic rings. The molecule has 1 aromatic carbocycles. The molecule has 82 valence electrons. The summed E-state index contributed by atoms with van der Waals surface area (Å²) in [6.45, 7) is 2.05. The van der Waals surface area contributed by atoms with E-state index in [0.29, 0.717) is 0 Å². The Balaban J connectivity index is 2.78. The molecule has 1 aromatic heterocycles. The lowest BCUT2D eigenvalue weighted by Crippen LogP contribution is -1.95. The third-order valence-corrected chi connectivity index (χ3v) is 2.97. The van der Waals surface area contributed by atoms with Gasteiger partial charge in [0.1, 0.15) is 5.15 Å². The minimum absolute atomic E-state index is 0.161. The molecule has 0 radical (unpaired) electrons. The molecule has 0 fully saturated rings. The topological polar surface area (TPSA) is 30.0 Å². The lowest BCUT2D eigenvalue weighted by molar-refractivity contribution is 0.108. The van der Waals surface area contributed by atoms with Gasteiger partial charge in [0, 0.05) is 5.39 Å². The van der Waals surface area contributed by atoms with Crippen LogP contribution in [0.3, 0.4) is 0 Å². The Labute approximate surface area is 103 Å². The van der Waals surface area contributed by atoms with E-state index in [1.54, 1.807) is 6.07 Å². The number of halogens is 2. The highest BCUT2D eigenvalue weighted by Crippen LogP contribution is 2.24. The van der Waals surface area contributed by atoms with Crippen molar-refractivity contribution in [1.82, 2.24) is 4.98 Å². The fourth-order valence-corrected chi connectivity index (χ4v) is 2.08. The Bertz CT molecular complexity index is 566. The first-order valence-electron chi connectivity index (χ1n) is 4.91. The number of pyridine rings is 1. The monoisotopic (exact) mass is 253 g/mol. The van der Waals surface area contributed by atoms with Gasteiger partial charge in [0.25, 0.3) is 5.24 Å². The van der Waals surface area contributed by atoms with Crippen LogP contribution in [0.15, 0.2) is 24.3 Å². The van der Waals surface area contributed by atoms with Gasteiger partial charge in [0.2, 0.25) is 0 Å². The fourth-order valence-electron chi connectivity index (χ4n) is 1.66. The Morgan fingerprint density at radius 1 is 1.44 bits per heavy atom. The maximum absolute atomic E-state index is 11.1. The Kier molecular flexibility index (Phi) is 3.13. The third-order valence-electron chi connectivity index (χ3n) is 2.48. The molecule has 0 N–H and O–H groups in total. The van der Waals surface area contributed by atoms with Gasteiger partial charge in [0.05, 0.1) is 11.1 Å². The van der Waals surface area contributed by atoms with Crippen molar-refractivity contribution in [1.29, 1.82) is 0 Å². The SMILES string of the molecule is CCc1cccc2cc(C(=O)Cl)c(Cl)nc12. The van der Waals surface area contributed by atoms with Crippen LogP contribution < -0.4 is 0 Å². The number of fused-ring (bicyclic) bond motifs is 1. The number of hydrogen-bond donors (Lipinski definition) is 0. The van der Waals surface area contributed by atoms with Crippen molar-refractivity contribution < 1.29 is 4.79 Å². The molecule has 0 saturated heterocycles. The summed E-state index contributed by atoms with van der Waals surface area (Å²) in [6, 6.07) is 7.49. The third kappa shape index (κ3) is 1.91. The van der Waals surface area contributed by atoms with E-state index in [2.05, 4.69) is 4.98 Å². The van der Waals surface area contributed by atoms with E-state index < -0.39 is 5.24 Å². The van der Waals surface area contributed by atoms with Gasteiger partial charge in [-0.3, -0.25) is 4.79 Å². The number of carbonyl (C=O) groups excluding carboxylic acids is 1. The molecule has 0 aliphatic heterocycles. The zero-order valence-corrected chi connectivity index (χ0v) is 10.1. The average molecular weight is 254 g/mol. The van der Waals surface area contributed by atoms with Crippen LogP contribution in [0.5, 0.6) is 0 Å². The van der Waals surface area contributed by atoms with Gasteiger partial charge < -0.3 is 0 Å². The summed E-state index contributed by atoms with van der Waals surface area (Å²) in [4.78, 5) is 15.3. The summed E-state index contributed by atoms with van der Waals surface area (Å²) in [5.74, 6) is 0. The van der Waals surface area contributed by atoms with Gasteiger partial charge in [-0.1, -0.05) is 36.7 Å². The maximum Gasteiger partial charge on any atom is 0.255 e. The number of aryl methyl sites for hydroxylation is 1. The largest absolute Gasteiger partial charge is 0.275 e. The van der Waals surface area contributed by atoms with Crippen molar-refractivity contribution in [3.63, 3.8) is 0 Å². The molecule has 0 spiro atoms. The van der Waals surface area contributed by atoms with Gasteiger partial charge in [0.15, 0.2) is 0 Å². The highest BCUT2D eigenvalue weighted by atomic mass is 35.5. The van der Waals surface area contributed by atoms with Crippen molar-refractivity contribution >= 4 is 39.3 Å². The van der Waals surface area contributed by atoms with Crippen molar-refractivity contribution in [2.75, 3.05) is 0 Å².